The predicted octanol–water partition coefficient (Wildman–Crippen LogP) is 5.52. The number of hydrogen-bond acceptors (Lipinski definition) is 2. The average molecular weight is 397 g/mol. The molecule has 144 valence electrons. The van der Waals surface area contributed by atoms with Gasteiger partial charge in [0.15, 0.2) is 0 Å². The van der Waals surface area contributed by atoms with Gasteiger partial charge in [0, 0.05) is 5.02 Å². The van der Waals surface area contributed by atoms with Gasteiger partial charge in [0.1, 0.15) is 6.04 Å². The van der Waals surface area contributed by atoms with E-state index in [1.165, 1.54) is 12.1 Å². The van der Waals surface area contributed by atoms with Crippen LogP contribution in [0, 0.1) is 0 Å². The van der Waals surface area contributed by atoms with Gasteiger partial charge >= 0.3 is 6.18 Å². The summed E-state index contributed by atoms with van der Waals surface area (Å²) in [6.45, 7) is 1.47. The lowest BCUT2D eigenvalue weighted by Crippen LogP contribution is -2.40. The zero-order valence-corrected chi connectivity index (χ0v) is 15.4. The first-order chi connectivity index (χ1) is 12.9. The van der Waals surface area contributed by atoms with Gasteiger partial charge in [-0.1, -0.05) is 48.4 Å². The van der Waals surface area contributed by atoms with Crippen molar-refractivity contribution in [2.45, 2.75) is 31.5 Å². The van der Waals surface area contributed by atoms with E-state index in [9.17, 15) is 18.0 Å². The Bertz CT molecular complexity index is 790. The van der Waals surface area contributed by atoms with E-state index in [1.54, 1.807) is 0 Å². The number of anilines is 1. The highest BCUT2D eigenvalue weighted by molar-refractivity contribution is 6.30. The lowest BCUT2D eigenvalue weighted by atomic mass is 10.0. The molecule has 0 spiro atoms. The topological polar surface area (TPSA) is 32.3 Å². The Kier molecular flexibility index (Phi) is 6.07. The molecule has 3 nitrogen and oxygen atoms in total. The molecule has 7 heteroatoms. The number of carbonyl (C=O) groups is 1. The van der Waals surface area contributed by atoms with E-state index in [1.807, 2.05) is 35.2 Å². The Morgan fingerprint density at radius 1 is 1.04 bits per heavy atom. The number of benzene rings is 2. The average Bonchev–Trinajstić information content (AvgIpc) is 2.64. The standard InChI is InChI=1S/C20H20ClF3N2O/c21-15-9-10-17(16(13-15)20(22,23)24)25-19(27)18(14-7-3-1-4-8-14)26-11-5-2-6-12-26/h1,3-4,7-10,13,18H,2,5-6,11-12H2,(H,25,27)/t18-/m1/s1. The van der Waals surface area contributed by atoms with Crippen LogP contribution in [0.3, 0.4) is 0 Å². The molecular formula is C20H20ClF3N2O. The molecule has 1 aliphatic rings. The first kappa shape index (κ1) is 19.7. The fourth-order valence-corrected chi connectivity index (χ4v) is 3.57. The molecule has 0 aliphatic carbocycles. The fourth-order valence-electron chi connectivity index (χ4n) is 3.40. The van der Waals surface area contributed by atoms with Gasteiger partial charge in [0.05, 0.1) is 11.3 Å². The summed E-state index contributed by atoms with van der Waals surface area (Å²) in [7, 11) is 0. The molecule has 0 aromatic heterocycles. The van der Waals surface area contributed by atoms with Crippen LogP contribution in [0.2, 0.25) is 5.02 Å². The van der Waals surface area contributed by atoms with Crippen molar-refractivity contribution in [2.24, 2.45) is 0 Å². The van der Waals surface area contributed by atoms with Gasteiger partial charge in [-0.25, -0.2) is 0 Å². The fraction of sp³-hybridized carbons (Fsp3) is 0.350. The highest BCUT2D eigenvalue weighted by Crippen LogP contribution is 2.37. The van der Waals surface area contributed by atoms with E-state index in [0.29, 0.717) is 0 Å². The van der Waals surface area contributed by atoms with Gasteiger partial charge < -0.3 is 5.32 Å². The second kappa shape index (κ2) is 8.31. The Hall–Kier alpha value is -2.05. The summed E-state index contributed by atoms with van der Waals surface area (Å²) >= 11 is 5.72. The van der Waals surface area contributed by atoms with Gasteiger partial charge in [0.2, 0.25) is 5.91 Å². The third-order valence-corrected chi connectivity index (χ3v) is 4.90. The molecule has 2 aromatic rings. The minimum absolute atomic E-state index is 0.0315. The van der Waals surface area contributed by atoms with Gasteiger partial charge in [-0.3, -0.25) is 9.69 Å². The van der Waals surface area contributed by atoms with Crippen LogP contribution in [0.5, 0.6) is 0 Å². The molecule has 0 unspecified atom stereocenters. The highest BCUT2D eigenvalue weighted by atomic mass is 35.5. The number of nitrogens with zero attached hydrogens (tertiary/aromatic N) is 1. The predicted molar refractivity (Wildman–Crippen MR) is 99.7 cm³/mol. The Balaban J connectivity index is 1.92. The number of likely N-dealkylation sites (tertiary alicyclic amines) is 1. The van der Waals surface area contributed by atoms with Crippen molar-refractivity contribution < 1.29 is 18.0 Å². The Morgan fingerprint density at radius 2 is 1.70 bits per heavy atom. The van der Waals surface area contributed by atoms with Gasteiger partial charge in [0.25, 0.3) is 0 Å². The van der Waals surface area contributed by atoms with Crippen molar-refractivity contribution in [1.82, 2.24) is 4.90 Å². The quantitative estimate of drug-likeness (QED) is 0.737. The minimum Gasteiger partial charge on any atom is -0.324 e. The molecule has 3 rings (SSSR count). The van der Waals surface area contributed by atoms with Crippen molar-refractivity contribution in [3.05, 3.63) is 64.7 Å². The number of hydrogen-bond donors (Lipinski definition) is 1. The maximum atomic E-state index is 13.3. The maximum absolute atomic E-state index is 13.3. The summed E-state index contributed by atoms with van der Waals surface area (Å²) in [5.41, 5.74) is -0.469. The SMILES string of the molecule is O=C(Nc1ccc(Cl)cc1C(F)(F)F)[C@@H](c1ccccc1)N1CCCCC1. The number of carbonyl (C=O) groups excluding carboxylic acids is 1. The van der Waals surface area contributed by atoms with Gasteiger partial charge in [-0.15, -0.1) is 0 Å². The second-order valence-corrected chi connectivity index (χ2v) is 7.02. The maximum Gasteiger partial charge on any atom is 0.418 e. The van der Waals surface area contributed by atoms with Crippen molar-refractivity contribution in [3.8, 4) is 0 Å². The van der Waals surface area contributed by atoms with E-state index in [2.05, 4.69) is 5.32 Å². The molecule has 1 N–H and O–H groups in total. The minimum atomic E-state index is -4.61. The van der Waals surface area contributed by atoms with Gasteiger partial charge in [-0.05, 0) is 49.7 Å². The van der Waals surface area contributed by atoms with Crippen LogP contribution in [0.1, 0.15) is 36.4 Å². The van der Waals surface area contributed by atoms with Crippen LogP contribution >= 0.6 is 11.6 Å². The molecule has 0 radical (unpaired) electrons. The summed E-state index contributed by atoms with van der Waals surface area (Å²) in [5, 5.41) is 2.45. The van der Waals surface area contributed by atoms with Gasteiger partial charge in [-0.2, -0.15) is 13.2 Å². The summed E-state index contributed by atoms with van der Waals surface area (Å²) in [5.74, 6) is -0.476. The Labute approximate surface area is 161 Å². The van der Waals surface area contributed by atoms with Crippen molar-refractivity contribution in [3.63, 3.8) is 0 Å². The van der Waals surface area contributed by atoms with Crippen LogP contribution in [-0.2, 0) is 11.0 Å². The van der Waals surface area contributed by atoms with Crippen molar-refractivity contribution >= 4 is 23.2 Å². The smallest absolute Gasteiger partial charge is 0.324 e. The lowest BCUT2D eigenvalue weighted by Gasteiger charge is -2.34. The number of amides is 1. The van der Waals surface area contributed by atoms with Crippen LogP contribution in [0.15, 0.2) is 48.5 Å². The molecule has 2 aromatic carbocycles. The first-order valence-corrected chi connectivity index (χ1v) is 9.20. The molecule has 1 aliphatic heterocycles. The van der Waals surface area contributed by atoms with E-state index in [4.69, 9.17) is 11.6 Å². The van der Waals surface area contributed by atoms with Crippen LogP contribution in [0.25, 0.3) is 0 Å². The molecule has 1 heterocycles. The zero-order chi connectivity index (χ0) is 19.4. The number of alkyl halides is 3. The largest absolute Gasteiger partial charge is 0.418 e. The molecule has 0 bridgehead atoms. The monoisotopic (exact) mass is 396 g/mol. The molecule has 1 amide bonds. The van der Waals surface area contributed by atoms with Crippen molar-refractivity contribution in [1.29, 1.82) is 0 Å². The van der Waals surface area contributed by atoms with Crippen molar-refractivity contribution in [2.75, 3.05) is 18.4 Å². The Morgan fingerprint density at radius 3 is 2.33 bits per heavy atom. The number of nitrogens with one attached hydrogen (secondary N) is 1. The van der Waals surface area contributed by atoms with Crippen LogP contribution in [0.4, 0.5) is 18.9 Å². The lowest BCUT2D eigenvalue weighted by molar-refractivity contribution is -0.137. The summed E-state index contributed by atoms with van der Waals surface area (Å²) < 4.78 is 40.0. The second-order valence-electron chi connectivity index (χ2n) is 6.59. The molecule has 1 fully saturated rings. The number of halogens is 4. The summed E-state index contributed by atoms with van der Waals surface area (Å²) in [6, 6.07) is 11.9. The van der Waals surface area contributed by atoms with Crippen LogP contribution in [-0.4, -0.2) is 23.9 Å². The van der Waals surface area contributed by atoms with E-state index in [0.717, 1.165) is 44.0 Å². The third kappa shape index (κ3) is 4.82. The van der Waals surface area contributed by atoms with E-state index in [-0.39, 0.29) is 10.7 Å². The summed E-state index contributed by atoms with van der Waals surface area (Å²) in [6.07, 6.45) is -1.59. The zero-order valence-electron chi connectivity index (χ0n) is 14.6. The summed E-state index contributed by atoms with van der Waals surface area (Å²) in [4.78, 5) is 15.0. The first-order valence-electron chi connectivity index (χ1n) is 8.83. The molecule has 1 atom stereocenters. The van der Waals surface area contributed by atoms with E-state index >= 15 is 0 Å². The van der Waals surface area contributed by atoms with E-state index < -0.39 is 23.7 Å². The molecule has 27 heavy (non-hydrogen) atoms. The molecular weight excluding hydrogens is 377 g/mol. The van der Waals surface area contributed by atoms with Crippen LogP contribution < -0.4 is 5.32 Å². The number of rotatable bonds is 4. The normalized spacial score (nSPS) is 16.7. The third-order valence-electron chi connectivity index (χ3n) is 4.66. The number of piperidine rings is 1. The molecule has 0 saturated carbocycles. The molecule has 1 saturated heterocycles. The highest BCUT2D eigenvalue weighted by Gasteiger charge is 2.35.